The molecule has 0 aliphatic carbocycles. The normalized spacial score (nSPS) is 10.9. The van der Waals surface area contributed by atoms with Crippen molar-refractivity contribution in [3.8, 4) is 5.75 Å². The fraction of sp³-hybridized carbons (Fsp3) is 0.429. The summed E-state index contributed by atoms with van der Waals surface area (Å²) in [5, 5.41) is 0. The second kappa shape index (κ2) is 6.84. The maximum Gasteiger partial charge on any atom is 0.218 e. The first-order chi connectivity index (χ1) is 8.26. The molecule has 0 N–H and O–H groups in total. The smallest absolute Gasteiger partial charge is 0.218 e. The highest BCUT2D eigenvalue weighted by Gasteiger charge is 2.31. The minimum atomic E-state index is -1.32. The number of unbranched alkanes of at least 4 members (excludes halogenated alkanes) is 2. The minimum absolute atomic E-state index is 0.433. The van der Waals surface area contributed by atoms with Gasteiger partial charge in [-0.05, 0) is 18.6 Å². The Bertz CT molecular complexity index is 338. The van der Waals surface area contributed by atoms with E-state index < -0.39 is 5.60 Å². The van der Waals surface area contributed by atoms with Gasteiger partial charge >= 0.3 is 0 Å². The lowest BCUT2D eigenvalue weighted by molar-refractivity contribution is -0.133. The largest absolute Gasteiger partial charge is 0.472 e. The molecule has 0 amide bonds. The molecule has 0 bridgehead atoms. The van der Waals surface area contributed by atoms with Crippen LogP contribution in [-0.2, 0) is 9.59 Å². The zero-order chi connectivity index (χ0) is 12.6. The highest BCUT2D eigenvalue weighted by molar-refractivity contribution is 5.88. The lowest BCUT2D eigenvalue weighted by Gasteiger charge is -2.23. The number of carbonyl (C=O) groups excluding carboxylic acids is 2. The van der Waals surface area contributed by atoms with Gasteiger partial charge in [0, 0.05) is 6.42 Å². The van der Waals surface area contributed by atoms with Gasteiger partial charge in [0.25, 0.3) is 0 Å². The third-order valence-corrected chi connectivity index (χ3v) is 2.62. The predicted octanol–water partition coefficient (Wildman–Crippen LogP) is 2.78. The number of rotatable bonds is 8. The van der Waals surface area contributed by atoms with Crippen molar-refractivity contribution >= 4 is 12.6 Å². The van der Waals surface area contributed by atoms with E-state index in [2.05, 4.69) is 6.92 Å². The number of hydrogen-bond acceptors (Lipinski definition) is 3. The molecule has 1 rings (SSSR count). The van der Waals surface area contributed by atoms with E-state index in [1.807, 2.05) is 18.2 Å². The van der Waals surface area contributed by atoms with Crippen LogP contribution in [-0.4, -0.2) is 18.2 Å². The molecule has 0 unspecified atom stereocenters. The van der Waals surface area contributed by atoms with Crippen molar-refractivity contribution in [1.29, 1.82) is 0 Å². The lowest BCUT2D eigenvalue weighted by atomic mass is 9.99. The molecule has 0 saturated carbocycles. The molecule has 0 spiro atoms. The molecular formula is C14H18O3. The molecule has 0 atom stereocenters. The Morgan fingerprint density at radius 2 is 1.76 bits per heavy atom. The third kappa shape index (κ3) is 4.02. The molecule has 3 nitrogen and oxygen atoms in total. The number of ether oxygens (including phenoxy) is 1. The number of carbonyl (C=O) groups is 2. The van der Waals surface area contributed by atoms with Gasteiger partial charge in [0.2, 0.25) is 5.60 Å². The average molecular weight is 234 g/mol. The van der Waals surface area contributed by atoms with Crippen LogP contribution in [0.15, 0.2) is 30.3 Å². The number of benzene rings is 1. The van der Waals surface area contributed by atoms with Crippen molar-refractivity contribution in [2.75, 3.05) is 0 Å². The van der Waals surface area contributed by atoms with Crippen molar-refractivity contribution < 1.29 is 14.3 Å². The van der Waals surface area contributed by atoms with Crippen LogP contribution in [0.25, 0.3) is 0 Å². The van der Waals surface area contributed by atoms with Crippen LogP contribution in [0.1, 0.15) is 32.6 Å². The fourth-order valence-corrected chi connectivity index (χ4v) is 1.60. The van der Waals surface area contributed by atoms with Crippen LogP contribution in [0.4, 0.5) is 0 Å². The SMILES string of the molecule is CCCCCC(C=O)(C=O)Oc1ccccc1. The molecule has 0 radical (unpaired) electrons. The van der Waals surface area contributed by atoms with Crippen molar-refractivity contribution in [1.82, 2.24) is 0 Å². The van der Waals surface area contributed by atoms with Crippen LogP contribution in [0.3, 0.4) is 0 Å². The molecule has 1 aromatic rings. The second-order valence-electron chi connectivity index (χ2n) is 4.06. The summed E-state index contributed by atoms with van der Waals surface area (Å²) in [7, 11) is 0. The zero-order valence-corrected chi connectivity index (χ0v) is 10.1. The molecule has 3 heteroatoms. The standard InChI is InChI=1S/C14H18O3/c1-2-3-7-10-14(11-15,12-16)17-13-8-5-4-6-9-13/h4-6,8-9,11-12H,2-3,7,10H2,1H3. The average Bonchev–Trinajstić information content (AvgIpc) is 2.39. The Hall–Kier alpha value is -1.64. The highest BCUT2D eigenvalue weighted by atomic mass is 16.5. The molecule has 0 heterocycles. The molecule has 17 heavy (non-hydrogen) atoms. The summed E-state index contributed by atoms with van der Waals surface area (Å²) >= 11 is 0. The van der Waals surface area contributed by atoms with E-state index in [1.165, 1.54) is 0 Å². The van der Waals surface area contributed by atoms with Gasteiger partial charge < -0.3 is 4.74 Å². The van der Waals surface area contributed by atoms with Crippen molar-refractivity contribution in [2.24, 2.45) is 0 Å². The quantitative estimate of drug-likeness (QED) is 0.394. The Balaban J connectivity index is 2.70. The summed E-state index contributed by atoms with van der Waals surface area (Å²) in [5.41, 5.74) is -1.32. The monoisotopic (exact) mass is 234 g/mol. The summed E-state index contributed by atoms with van der Waals surface area (Å²) in [6.07, 6.45) is 4.47. The van der Waals surface area contributed by atoms with Crippen LogP contribution < -0.4 is 4.74 Å². The maximum atomic E-state index is 11.1. The zero-order valence-electron chi connectivity index (χ0n) is 10.1. The second-order valence-corrected chi connectivity index (χ2v) is 4.06. The molecule has 92 valence electrons. The van der Waals surface area contributed by atoms with Crippen molar-refractivity contribution in [3.63, 3.8) is 0 Å². The molecule has 1 aromatic carbocycles. The van der Waals surface area contributed by atoms with Gasteiger partial charge in [0.05, 0.1) is 0 Å². The summed E-state index contributed by atoms with van der Waals surface area (Å²) in [6.45, 7) is 2.07. The topological polar surface area (TPSA) is 43.4 Å². The van der Waals surface area contributed by atoms with E-state index in [4.69, 9.17) is 4.74 Å². The van der Waals surface area contributed by atoms with Crippen molar-refractivity contribution in [2.45, 2.75) is 38.2 Å². The van der Waals surface area contributed by atoms with Gasteiger partial charge in [-0.15, -0.1) is 0 Å². The van der Waals surface area contributed by atoms with E-state index in [0.717, 1.165) is 19.3 Å². The van der Waals surface area contributed by atoms with Gasteiger partial charge in [-0.3, -0.25) is 9.59 Å². The number of aldehydes is 2. The van der Waals surface area contributed by atoms with Crippen LogP contribution in [0.2, 0.25) is 0 Å². The van der Waals surface area contributed by atoms with E-state index in [-0.39, 0.29) is 0 Å². The number of hydrogen-bond donors (Lipinski definition) is 0. The first-order valence-electron chi connectivity index (χ1n) is 5.93. The van der Waals surface area contributed by atoms with Crippen LogP contribution in [0.5, 0.6) is 5.75 Å². The minimum Gasteiger partial charge on any atom is -0.472 e. The molecule has 0 fully saturated rings. The van der Waals surface area contributed by atoms with E-state index in [9.17, 15) is 9.59 Å². The highest BCUT2D eigenvalue weighted by Crippen LogP contribution is 2.20. The molecular weight excluding hydrogens is 216 g/mol. The van der Waals surface area contributed by atoms with Crippen LogP contribution in [0, 0.1) is 0 Å². The first kappa shape index (κ1) is 13.4. The number of para-hydroxylation sites is 1. The van der Waals surface area contributed by atoms with Crippen LogP contribution >= 0.6 is 0 Å². The van der Waals surface area contributed by atoms with Gasteiger partial charge in [-0.1, -0.05) is 38.0 Å². The fourth-order valence-electron chi connectivity index (χ4n) is 1.60. The third-order valence-electron chi connectivity index (χ3n) is 2.62. The van der Waals surface area contributed by atoms with E-state index in [0.29, 0.717) is 24.7 Å². The summed E-state index contributed by atoms with van der Waals surface area (Å²) in [5.74, 6) is 0.545. The van der Waals surface area contributed by atoms with Gasteiger partial charge in [0.15, 0.2) is 12.6 Å². The molecule has 0 aliphatic heterocycles. The first-order valence-corrected chi connectivity index (χ1v) is 5.93. The van der Waals surface area contributed by atoms with Gasteiger partial charge in [-0.25, -0.2) is 0 Å². The predicted molar refractivity (Wildman–Crippen MR) is 66.1 cm³/mol. The molecule has 0 saturated heterocycles. The van der Waals surface area contributed by atoms with Gasteiger partial charge in [-0.2, -0.15) is 0 Å². The van der Waals surface area contributed by atoms with E-state index >= 15 is 0 Å². The Morgan fingerprint density at radius 3 is 2.29 bits per heavy atom. The maximum absolute atomic E-state index is 11.1. The lowest BCUT2D eigenvalue weighted by Crippen LogP contribution is -2.39. The Kier molecular flexibility index (Phi) is 5.40. The van der Waals surface area contributed by atoms with E-state index in [1.54, 1.807) is 12.1 Å². The molecule has 0 aromatic heterocycles. The molecule has 0 aliphatic rings. The van der Waals surface area contributed by atoms with Crippen molar-refractivity contribution in [3.05, 3.63) is 30.3 Å². The summed E-state index contributed by atoms with van der Waals surface area (Å²) in [4.78, 5) is 22.2. The summed E-state index contributed by atoms with van der Waals surface area (Å²) < 4.78 is 5.51. The van der Waals surface area contributed by atoms with Gasteiger partial charge in [0.1, 0.15) is 5.75 Å². The summed E-state index contributed by atoms with van der Waals surface area (Å²) in [6, 6.07) is 8.94. The Labute approximate surface area is 102 Å². The Morgan fingerprint density at radius 1 is 1.12 bits per heavy atom.